The Balaban J connectivity index is 1.14. The molecule has 0 spiro atoms. The minimum atomic E-state index is -3.66. The third kappa shape index (κ3) is 5.10. The lowest BCUT2D eigenvalue weighted by atomic mass is 10.1. The molecular weight excluding hydrogens is 492 g/mol. The fourth-order valence-corrected chi connectivity index (χ4v) is 5.84. The van der Waals surface area contributed by atoms with Crippen molar-refractivity contribution in [2.75, 3.05) is 57.0 Å². The Morgan fingerprint density at radius 2 is 1.86 bits per heavy atom. The maximum atomic E-state index is 12.7. The summed E-state index contributed by atoms with van der Waals surface area (Å²) in [5.74, 6) is 1.29. The summed E-state index contributed by atoms with van der Waals surface area (Å²) in [5, 5.41) is 13.9. The molecule has 196 valence electrons. The van der Waals surface area contributed by atoms with E-state index in [2.05, 4.69) is 23.5 Å². The molecule has 1 atom stereocenters. The molecular formula is C27H32N4O5S. The Labute approximate surface area is 217 Å². The summed E-state index contributed by atoms with van der Waals surface area (Å²) in [4.78, 5) is 0. The van der Waals surface area contributed by atoms with Gasteiger partial charge in [-0.15, -0.1) is 0 Å². The lowest BCUT2D eigenvalue weighted by molar-refractivity contribution is 0.172. The Kier molecular flexibility index (Phi) is 7.00. The summed E-state index contributed by atoms with van der Waals surface area (Å²) in [6.07, 6.45) is 0.0262. The van der Waals surface area contributed by atoms with Crippen molar-refractivity contribution in [1.29, 1.82) is 0 Å². The van der Waals surface area contributed by atoms with Gasteiger partial charge in [0, 0.05) is 32.9 Å². The van der Waals surface area contributed by atoms with Gasteiger partial charge in [0.1, 0.15) is 24.7 Å². The van der Waals surface area contributed by atoms with Crippen LogP contribution < -0.4 is 24.8 Å². The van der Waals surface area contributed by atoms with Crippen molar-refractivity contribution in [3.63, 3.8) is 0 Å². The molecule has 0 fully saturated rings. The van der Waals surface area contributed by atoms with Crippen LogP contribution in [-0.4, -0.2) is 64.8 Å². The van der Waals surface area contributed by atoms with Crippen LogP contribution in [0, 0.1) is 0 Å². The number of fused-ring (bicyclic) bond motifs is 4. The number of nitrogen functional groups attached to an aromatic ring is 1. The van der Waals surface area contributed by atoms with Crippen LogP contribution in [0.2, 0.25) is 0 Å². The Morgan fingerprint density at radius 1 is 1.11 bits per heavy atom. The summed E-state index contributed by atoms with van der Waals surface area (Å²) in [6, 6.07) is 17.3. The van der Waals surface area contributed by atoms with Crippen molar-refractivity contribution in [3.8, 4) is 22.6 Å². The second-order valence-corrected chi connectivity index (χ2v) is 11.5. The summed E-state index contributed by atoms with van der Waals surface area (Å²) in [6.45, 7) is 1.77. The first-order valence-corrected chi connectivity index (χ1v) is 13.6. The van der Waals surface area contributed by atoms with Crippen molar-refractivity contribution in [1.82, 2.24) is 9.62 Å². The zero-order chi connectivity index (χ0) is 26.2. The number of benzene rings is 3. The highest BCUT2D eigenvalue weighted by atomic mass is 32.2. The molecule has 1 aliphatic carbocycles. The fourth-order valence-electron chi connectivity index (χ4n) is 4.75. The first kappa shape index (κ1) is 25.3. The molecule has 0 bridgehead atoms. The predicted molar refractivity (Wildman–Crippen MR) is 144 cm³/mol. The second kappa shape index (κ2) is 10.2. The fraction of sp³-hybridized carbons (Fsp3) is 0.333. The molecule has 0 saturated heterocycles. The summed E-state index contributed by atoms with van der Waals surface area (Å²) in [7, 11) is -0.674. The number of aliphatic hydroxyl groups is 1. The van der Waals surface area contributed by atoms with Crippen molar-refractivity contribution in [2.45, 2.75) is 12.5 Å². The van der Waals surface area contributed by atoms with E-state index in [-0.39, 0.29) is 13.2 Å². The number of nitrogens with zero attached hydrogens (tertiary/aromatic N) is 2. The van der Waals surface area contributed by atoms with Gasteiger partial charge in [-0.1, -0.05) is 18.2 Å². The van der Waals surface area contributed by atoms with E-state index in [1.165, 1.54) is 45.0 Å². The van der Waals surface area contributed by atoms with Crippen LogP contribution in [0.4, 0.5) is 11.4 Å². The number of rotatable bonds is 9. The van der Waals surface area contributed by atoms with Crippen LogP contribution in [-0.2, 0) is 16.6 Å². The summed E-state index contributed by atoms with van der Waals surface area (Å²) in [5.41, 5.74) is 12.6. The molecule has 0 amide bonds. The number of ether oxygens (including phenoxy) is 2. The van der Waals surface area contributed by atoms with E-state index in [9.17, 15) is 13.5 Å². The number of nitrogens with two attached hydrogens (primary N) is 1. The van der Waals surface area contributed by atoms with Crippen molar-refractivity contribution in [2.24, 2.45) is 0 Å². The van der Waals surface area contributed by atoms with Gasteiger partial charge < -0.3 is 25.6 Å². The highest BCUT2D eigenvalue weighted by molar-refractivity contribution is 7.90. The molecule has 0 aromatic heterocycles. The van der Waals surface area contributed by atoms with Gasteiger partial charge in [-0.3, -0.25) is 4.31 Å². The monoisotopic (exact) mass is 524 g/mol. The summed E-state index contributed by atoms with van der Waals surface area (Å²) < 4.78 is 39.5. The van der Waals surface area contributed by atoms with Gasteiger partial charge in [0.15, 0.2) is 0 Å². The highest BCUT2D eigenvalue weighted by Crippen LogP contribution is 2.39. The Bertz CT molecular complexity index is 1410. The molecule has 5 rings (SSSR count). The van der Waals surface area contributed by atoms with E-state index in [0.29, 0.717) is 36.7 Å². The summed E-state index contributed by atoms with van der Waals surface area (Å²) >= 11 is 0. The first-order chi connectivity index (χ1) is 17.7. The maximum absolute atomic E-state index is 12.7. The standard InChI is InChI=1S/C27H32N4O5S/c1-30(2)37(33,34)31-10-12-36-27-8-3-18(16-25(27)31)26(32)17-29-9-11-35-22-5-7-24-20(15-22)13-19-14-21(28)4-6-23(19)24/h3-8,14-16,26,29,32H,9-13,17,28H2,1-2H3/t26-/m0/s1. The van der Waals surface area contributed by atoms with Crippen molar-refractivity contribution in [3.05, 3.63) is 71.3 Å². The topological polar surface area (TPSA) is 117 Å². The van der Waals surface area contributed by atoms with Gasteiger partial charge in [-0.25, -0.2) is 0 Å². The maximum Gasteiger partial charge on any atom is 0.303 e. The van der Waals surface area contributed by atoms with Crippen molar-refractivity contribution >= 4 is 21.6 Å². The Morgan fingerprint density at radius 3 is 2.65 bits per heavy atom. The number of nitrogens with one attached hydrogen (secondary N) is 1. The van der Waals surface area contributed by atoms with E-state index in [0.717, 1.165) is 17.9 Å². The Hall–Kier alpha value is -3.31. The largest absolute Gasteiger partial charge is 0.492 e. The van der Waals surface area contributed by atoms with E-state index >= 15 is 0 Å². The third-order valence-corrected chi connectivity index (χ3v) is 8.55. The second-order valence-electron chi connectivity index (χ2n) is 9.42. The SMILES string of the molecule is CN(C)S(=O)(=O)N1CCOc2ccc([C@@H](O)CNCCOc3ccc4c(c3)Cc3cc(N)ccc3-4)cc21. The molecule has 3 aromatic rings. The minimum absolute atomic E-state index is 0.214. The lowest BCUT2D eigenvalue weighted by Crippen LogP contribution is -2.44. The molecule has 0 saturated carbocycles. The number of hydrogen-bond acceptors (Lipinski definition) is 7. The van der Waals surface area contributed by atoms with Gasteiger partial charge in [0.2, 0.25) is 0 Å². The van der Waals surface area contributed by atoms with Gasteiger partial charge in [0.05, 0.1) is 18.3 Å². The van der Waals surface area contributed by atoms with E-state index in [1.54, 1.807) is 18.2 Å². The number of hydrogen-bond donors (Lipinski definition) is 3. The van der Waals surface area contributed by atoms with Crippen molar-refractivity contribution < 1.29 is 23.0 Å². The zero-order valence-corrected chi connectivity index (χ0v) is 21.8. The first-order valence-electron chi connectivity index (χ1n) is 12.2. The lowest BCUT2D eigenvalue weighted by Gasteiger charge is -2.32. The molecule has 1 aliphatic heterocycles. The minimum Gasteiger partial charge on any atom is -0.492 e. The molecule has 1 heterocycles. The van der Waals surface area contributed by atoms with Crippen LogP contribution in [0.5, 0.6) is 11.5 Å². The number of anilines is 2. The normalized spacial score (nSPS) is 15.1. The van der Waals surface area contributed by atoms with Gasteiger partial charge >= 0.3 is 10.2 Å². The molecule has 37 heavy (non-hydrogen) atoms. The molecule has 0 unspecified atom stereocenters. The molecule has 10 heteroatoms. The third-order valence-electron chi connectivity index (χ3n) is 6.69. The van der Waals surface area contributed by atoms with Crippen LogP contribution in [0.25, 0.3) is 11.1 Å². The molecule has 0 radical (unpaired) electrons. The smallest absolute Gasteiger partial charge is 0.303 e. The number of aliphatic hydroxyl groups excluding tert-OH is 1. The average molecular weight is 525 g/mol. The van der Waals surface area contributed by atoms with E-state index < -0.39 is 16.3 Å². The molecule has 4 N–H and O–H groups in total. The van der Waals surface area contributed by atoms with Crippen LogP contribution in [0.3, 0.4) is 0 Å². The van der Waals surface area contributed by atoms with E-state index in [1.807, 2.05) is 18.2 Å². The quantitative estimate of drug-likeness (QED) is 0.228. The highest BCUT2D eigenvalue weighted by Gasteiger charge is 2.31. The van der Waals surface area contributed by atoms with Gasteiger partial charge in [0.25, 0.3) is 0 Å². The van der Waals surface area contributed by atoms with Gasteiger partial charge in [-0.2, -0.15) is 12.7 Å². The predicted octanol–water partition coefficient (Wildman–Crippen LogP) is 2.55. The van der Waals surface area contributed by atoms with Gasteiger partial charge in [-0.05, 0) is 70.6 Å². The van der Waals surface area contributed by atoms with Crippen LogP contribution in [0.1, 0.15) is 22.8 Å². The zero-order valence-electron chi connectivity index (χ0n) is 21.0. The average Bonchev–Trinajstić information content (AvgIpc) is 3.24. The molecule has 2 aliphatic rings. The molecule has 9 nitrogen and oxygen atoms in total. The van der Waals surface area contributed by atoms with Crippen LogP contribution in [0.15, 0.2) is 54.6 Å². The molecule has 3 aromatic carbocycles. The van der Waals surface area contributed by atoms with E-state index in [4.69, 9.17) is 15.2 Å². The van der Waals surface area contributed by atoms with Crippen LogP contribution >= 0.6 is 0 Å².